The Labute approximate surface area is 107 Å². The maximum atomic E-state index is 8.85. The topological polar surface area (TPSA) is 35.8 Å². The molecule has 0 bridgehead atoms. The van der Waals surface area contributed by atoms with Crippen molar-refractivity contribution in [1.29, 1.82) is 5.26 Å². The summed E-state index contributed by atoms with van der Waals surface area (Å²) in [4.78, 5) is 0. The van der Waals surface area contributed by atoms with Gasteiger partial charge in [-0.15, -0.1) is 0 Å². The van der Waals surface area contributed by atoms with Crippen LogP contribution in [0.5, 0.6) is 0 Å². The molecule has 3 heteroatoms. The lowest BCUT2D eigenvalue weighted by Crippen LogP contribution is -2.27. The molecule has 0 radical (unpaired) electrons. The molecule has 0 saturated heterocycles. The molecule has 90 valence electrons. The Morgan fingerprint density at radius 2 is 2.06 bits per heavy atom. The van der Waals surface area contributed by atoms with Gasteiger partial charge in [0.25, 0.3) is 0 Å². The van der Waals surface area contributed by atoms with Crippen LogP contribution in [-0.2, 0) is 0 Å². The number of benzene rings is 1. The average molecular weight is 246 g/mol. The first kappa shape index (κ1) is 12.3. The van der Waals surface area contributed by atoms with Crippen molar-refractivity contribution in [2.45, 2.75) is 37.0 Å². The molecule has 2 nitrogen and oxygen atoms in total. The fourth-order valence-electron chi connectivity index (χ4n) is 2.36. The van der Waals surface area contributed by atoms with E-state index < -0.39 is 0 Å². The molecule has 0 spiro atoms. The van der Waals surface area contributed by atoms with Gasteiger partial charge in [0.05, 0.1) is 11.6 Å². The smallest absolute Gasteiger partial charge is 0.0992 e. The number of nitriles is 1. The quantitative estimate of drug-likeness (QED) is 0.884. The maximum absolute atomic E-state index is 8.85. The highest BCUT2D eigenvalue weighted by Gasteiger charge is 2.20. The van der Waals surface area contributed by atoms with Gasteiger partial charge in [-0.05, 0) is 50.1 Å². The van der Waals surface area contributed by atoms with E-state index in [9.17, 15) is 0 Å². The van der Waals surface area contributed by atoms with Crippen molar-refractivity contribution < 1.29 is 0 Å². The summed E-state index contributed by atoms with van der Waals surface area (Å²) in [6.45, 7) is 0. The number of hydrogen-bond acceptors (Lipinski definition) is 3. The fraction of sp³-hybridized carbons (Fsp3) is 0.500. The summed E-state index contributed by atoms with van der Waals surface area (Å²) in [6, 6.07) is 10.5. The molecule has 1 N–H and O–H groups in total. The van der Waals surface area contributed by atoms with Gasteiger partial charge in [-0.2, -0.15) is 17.0 Å². The molecule has 1 aromatic rings. The van der Waals surface area contributed by atoms with Gasteiger partial charge in [-0.25, -0.2) is 0 Å². The van der Waals surface area contributed by atoms with Crippen molar-refractivity contribution in [3.63, 3.8) is 0 Å². The highest BCUT2D eigenvalue weighted by molar-refractivity contribution is 7.99. The molecule has 0 heterocycles. The van der Waals surface area contributed by atoms with Crippen LogP contribution in [0.15, 0.2) is 24.3 Å². The van der Waals surface area contributed by atoms with Gasteiger partial charge in [0.1, 0.15) is 0 Å². The lowest BCUT2D eigenvalue weighted by atomic mass is 9.94. The second-order valence-corrected chi connectivity index (χ2v) is 5.68. The number of nitrogens with zero attached hydrogens (tertiary/aromatic N) is 1. The number of hydrogen-bond donors (Lipinski definition) is 1. The van der Waals surface area contributed by atoms with E-state index in [4.69, 9.17) is 5.26 Å². The molecule has 0 aliphatic heterocycles. The van der Waals surface area contributed by atoms with Crippen LogP contribution in [0, 0.1) is 11.3 Å². The minimum absolute atomic E-state index is 0.576. The highest BCUT2D eigenvalue weighted by Crippen LogP contribution is 2.28. The van der Waals surface area contributed by atoms with E-state index in [2.05, 4.69) is 17.6 Å². The lowest BCUT2D eigenvalue weighted by Gasteiger charge is -2.28. The maximum Gasteiger partial charge on any atom is 0.0992 e. The van der Waals surface area contributed by atoms with Crippen LogP contribution in [0.3, 0.4) is 0 Å². The zero-order valence-corrected chi connectivity index (χ0v) is 11.0. The fourth-order valence-corrected chi connectivity index (χ4v) is 3.10. The molecular formula is C14H18N2S. The molecule has 1 aliphatic carbocycles. The zero-order valence-electron chi connectivity index (χ0n) is 10.1. The van der Waals surface area contributed by atoms with Gasteiger partial charge in [-0.1, -0.05) is 6.07 Å². The standard InChI is InChI=1S/C14H18N2S/c1-17-14-7-5-12(6-8-14)16-13-4-2-3-11(9-13)10-15/h2-4,9,12,14,16H,5-8H2,1H3. The monoisotopic (exact) mass is 246 g/mol. The first-order valence-electron chi connectivity index (χ1n) is 6.11. The van der Waals surface area contributed by atoms with Gasteiger partial charge in [0.2, 0.25) is 0 Å². The Hall–Kier alpha value is -1.14. The normalized spacial score (nSPS) is 24.0. The summed E-state index contributed by atoms with van der Waals surface area (Å²) in [6.07, 6.45) is 7.28. The number of thioether (sulfide) groups is 1. The lowest BCUT2D eigenvalue weighted by molar-refractivity contribution is 0.473. The largest absolute Gasteiger partial charge is 0.382 e. The van der Waals surface area contributed by atoms with E-state index in [0.717, 1.165) is 16.5 Å². The molecule has 0 unspecified atom stereocenters. The minimum Gasteiger partial charge on any atom is -0.382 e. The Kier molecular flexibility index (Phi) is 4.33. The van der Waals surface area contributed by atoms with E-state index >= 15 is 0 Å². The van der Waals surface area contributed by atoms with E-state index in [1.54, 1.807) is 0 Å². The predicted octanol–water partition coefficient (Wildman–Crippen LogP) is 3.64. The number of nitrogens with one attached hydrogen (secondary N) is 1. The van der Waals surface area contributed by atoms with Crippen molar-refractivity contribution in [2.24, 2.45) is 0 Å². The Bertz CT molecular complexity index is 403. The molecule has 2 rings (SSSR count). The van der Waals surface area contributed by atoms with Gasteiger partial charge in [0.15, 0.2) is 0 Å². The third-order valence-corrected chi connectivity index (χ3v) is 4.51. The molecule has 1 aromatic carbocycles. The molecule has 0 amide bonds. The Morgan fingerprint density at radius 3 is 2.71 bits per heavy atom. The van der Waals surface area contributed by atoms with Crippen LogP contribution in [-0.4, -0.2) is 17.5 Å². The molecule has 1 fully saturated rings. The summed E-state index contributed by atoms with van der Waals surface area (Å²) in [7, 11) is 0. The summed E-state index contributed by atoms with van der Waals surface area (Å²) in [5.41, 5.74) is 1.81. The van der Waals surface area contributed by atoms with Crippen LogP contribution < -0.4 is 5.32 Å². The molecule has 0 atom stereocenters. The molecule has 17 heavy (non-hydrogen) atoms. The Morgan fingerprint density at radius 1 is 1.29 bits per heavy atom. The first-order chi connectivity index (χ1) is 8.31. The van der Waals surface area contributed by atoms with Crippen LogP contribution in [0.25, 0.3) is 0 Å². The molecule has 0 aromatic heterocycles. The molecular weight excluding hydrogens is 228 g/mol. The van der Waals surface area contributed by atoms with E-state index in [0.29, 0.717) is 6.04 Å². The average Bonchev–Trinajstić information content (AvgIpc) is 2.40. The minimum atomic E-state index is 0.576. The van der Waals surface area contributed by atoms with Gasteiger partial charge < -0.3 is 5.32 Å². The summed E-state index contributed by atoms with van der Waals surface area (Å²) >= 11 is 1.99. The third kappa shape index (κ3) is 3.41. The summed E-state index contributed by atoms with van der Waals surface area (Å²) in [5, 5.41) is 13.2. The Balaban J connectivity index is 1.91. The van der Waals surface area contributed by atoms with Crippen molar-refractivity contribution in [2.75, 3.05) is 11.6 Å². The van der Waals surface area contributed by atoms with E-state index in [-0.39, 0.29) is 0 Å². The van der Waals surface area contributed by atoms with E-state index in [1.807, 2.05) is 36.0 Å². The van der Waals surface area contributed by atoms with Crippen molar-refractivity contribution in [3.05, 3.63) is 29.8 Å². The van der Waals surface area contributed by atoms with Crippen molar-refractivity contribution >= 4 is 17.4 Å². The van der Waals surface area contributed by atoms with Gasteiger partial charge in [0, 0.05) is 17.0 Å². The van der Waals surface area contributed by atoms with E-state index in [1.165, 1.54) is 25.7 Å². The van der Waals surface area contributed by atoms with Crippen LogP contribution in [0.2, 0.25) is 0 Å². The van der Waals surface area contributed by atoms with Crippen molar-refractivity contribution in [3.8, 4) is 6.07 Å². The third-order valence-electron chi connectivity index (χ3n) is 3.37. The highest BCUT2D eigenvalue weighted by atomic mass is 32.2. The van der Waals surface area contributed by atoms with Gasteiger partial charge in [-0.3, -0.25) is 0 Å². The van der Waals surface area contributed by atoms with Crippen molar-refractivity contribution in [1.82, 2.24) is 0 Å². The number of rotatable bonds is 3. The number of anilines is 1. The van der Waals surface area contributed by atoms with Gasteiger partial charge >= 0.3 is 0 Å². The van der Waals surface area contributed by atoms with Crippen LogP contribution >= 0.6 is 11.8 Å². The molecule has 1 saturated carbocycles. The second kappa shape index (κ2) is 5.97. The predicted molar refractivity (Wildman–Crippen MR) is 74.3 cm³/mol. The second-order valence-electron chi connectivity index (χ2n) is 4.55. The summed E-state index contributed by atoms with van der Waals surface area (Å²) in [5.74, 6) is 0. The zero-order chi connectivity index (χ0) is 12.1. The SMILES string of the molecule is CSC1CCC(Nc2cccc(C#N)c2)CC1. The molecule has 1 aliphatic rings. The van der Waals surface area contributed by atoms with Crippen LogP contribution in [0.4, 0.5) is 5.69 Å². The first-order valence-corrected chi connectivity index (χ1v) is 7.40. The van der Waals surface area contributed by atoms with Crippen LogP contribution in [0.1, 0.15) is 31.2 Å². The summed E-state index contributed by atoms with van der Waals surface area (Å²) < 4.78 is 0.